The van der Waals surface area contributed by atoms with Gasteiger partial charge in [-0.25, -0.2) is 0 Å². The number of fused-ring (bicyclic) bond motifs is 6. The van der Waals surface area contributed by atoms with Crippen LogP contribution < -0.4 is 0 Å². The summed E-state index contributed by atoms with van der Waals surface area (Å²) >= 11 is 0. The van der Waals surface area contributed by atoms with Crippen molar-refractivity contribution in [3.63, 3.8) is 0 Å². The zero-order valence-corrected chi connectivity index (χ0v) is 17.8. The number of nitrogens with zero attached hydrogens (tertiary/aromatic N) is 2. The average molecular weight is 387 g/mol. The third-order valence-electron chi connectivity index (χ3n) is 8.92. The van der Waals surface area contributed by atoms with Crippen LogP contribution in [0, 0.1) is 51.2 Å². The summed E-state index contributed by atoms with van der Waals surface area (Å²) in [6, 6.07) is 0.00413. The third kappa shape index (κ3) is 3.98. The zero-order chi connectivity index (χ0) is 19.7. The fourth-order valence-electron chi connectivity index (χ4n) is 7.35. The minimum Gasteiger partial charge on any atom is -0.151 e. The lowest BCUT2D eigenvalue weighted by Crippen LogP contribution is -2.32. The number of hydrogen-bond acceptors (Lipinski definition) is 4. The van der Waals surface area contributed by atoms with Crippen molar-refractivity contribution in [3.05, 3.63) is 21.1 Å². The van der Waals surface area contributed by atoms with E-state index in [1.54, 1.807) is 0 Å². The van der Waals surface area contributed by atoms with Gasteiger partial charge in [-0.2, -0.15) is 4.91 Å². The Hall–Kier alpha value is -1.06. The van der Waals surface area contributed by atoms with Gasteiger partial charge in [0.05, 0.1) is 11.7 Å². The van der Waals surface area contributed by atoms with Crippen molar-refractivity contribution >= 4 is 0 Å². The molecule has 0 N–H and O–H groups in total. The van der Waals surface area contributed by atoms with Crippen LogP contribution in [0.4, 0.5) is 0 Å². The van der Waals surface area contributed by atoms with E-state index in [0.29, 0.717) is 35.5 Å². The van der Waals surface area contributed by atoms with Crippen LogP contribution in [0.15, 0.2) is 21.6 Å². The number of allylic oxidation sites excluding steroid dienone is 2. The molecule has 0 radical (unpaired) electrons. The second-order valence-electron chi connectivity index (χ2n) is 10.7. The Bertz CT molecular complexity index is 614. The Labute approximate surface area is 170 Å². The van der Waals surface area contributed by atoms with E-state index in [1.807, 2.05) is 0 Å². The van der Waals surface area contributed by atoms with Crippen molar-refractivity contribution in [2.45, 2.75) is 96.9 Å². The second kappa shape index (κ2) is 8.75. The van der Waals surface area contributed by atoms with E-state index in [0.717, 1.165) is 37.3 Å². The third-order valence-corrected chi connectivity index (χ3v) is 8.92. The van der Waals surface area contributed by atoms with E-state index >= 15 is 0 Å². The molecule has 0 aromatic carbocycles. The molecule has 5 rings (SSSR count). The van der Waals surface area contributed by atoms with E-state index in [9.17, 15) is 9.81 Å². The molecular formula is C24H38N2O2. The monoisotopic (exact) mass is 386 g/mol. The van der Waals surface area contributed by atoms with Crippen molar-refractivity contribution in [1.82, 2.24) is 0 Å². The fraction of sp³-hybridized carbons (Fsp3) is 0.917. The molecule has 7 atom stereocenters. The summed E-state index contributed by atoms with van der Waals surface area (Å²) in [5, 5.41) is 7.00. The van der Waals surface area contributed by atoms with Gasteiger partial charge in [0.25, 0.3) is 0 Å². The predicted molar refractivity (Wildman–Crippen MR) is 114 cm³/mol. The van der Waals surface area contributed by atoms with E-state index in [2.05, 4.69) is 24.2 Å². The highest BCUT2D eigenvalue weighted by atomic mass is 16.3. The number of rotatable bonds is 5. The molecule has 3 fully saturated rings. The molecule has 0 amide bonds. The lowest BCUT2D eigenvalue weighted by molar-refractivity contribution is 0.164. The predicted octanol–water partition coefficient (Wildman–Crippen LogP) is 7.23. The Balaban J connectivity index is 1.52. The van der Waals surface area contributed by atoms with Gasteiger partial charge < -0.3 is 0 Å². The van der Waals surface area contributed by atoms with Crippen LogP contribution in [0.1, 0.15) is 90.9 Å². The SMILES string of the molecule is CC(C)C1CC(N=O)CC2CCCC1CCCC2CC1CCC2CC1=C2N=O. The van der Waals surface area contributed by atoms with Crippen LogP contribution in [-0.2, 0) is 0 Å². The van der Waals surface area contributed by atoms with Crippen molar-refractivity contribution in [3.8, 4) is 0 Å². The zero-order valence-electron chi connectivity index (χ0n) is 17.8. The summed E-state index contributed by atoms with van der Waals surface area (Å²) < 4.78 is 0. The maximum atomic E-state index is 11.7. The summed E-state index contributed by atoms with van der Waals surface area (Å²) in [5.41, 5.74) is 2.30. The Morgan fingerprint density at radius 1 is 0.929 bits per heavy atom. The molecule has 0 aromatic rings. The highest BCUT2D eigenvalue weighted by Crippen LogP contribution is 2.53. The smallest absolute Gasteiger partial charge is 0.0925 e. The first-order valence-electron chi connectivity index (χ1n) is 12.0. The normalized spacial score (nSPS) is 41.3. The van der Waals surface area contributed by atoms with Gasteiger partial charge in [-0.3, -0.25) is 0 Å². The van der Waals surface area contributed by atoms with Gasteiger partial charge in [0.15, 0.2) is 0 Å². The van der Waals surface area contributed by atoms with Crippen LogP contribution >= 0.6 is 0 Å². The topological polar surface area (TPSA) is 58.9 Å². The van der Waals surface area contributed by atoms with Crippen molar-refractivity contribution in [2.75, 3.05) is 0 Å². The van der Waals surface area contributed by atoms with Crippen molar-refractivity contribution in [2.24, 2.45) is 51.8 Å². The van der Waals surface area contributed by atoms with Crippen LogP contribution in [0.2, 0.25) is 0 Å². The van der Waals surface area contributed by atoms with Gasteiger partial charge in [0.2, 0.25) is 0 Å². The van der Waals surface area contributed by atoms with Gasteiger partial charge in [-0.15, -0.1) is 4.91 Å². The number of nitroso groups, excluding NO2 is 2. The maximum Gasteiger partial charge on any atom is 0.0925 e. The fourth-order valence-corrected chi connectivity index (χ4v) is 7.35. The maximum absolute atomic E-state index is 11.7. The van der Waals surface area contributed by atoms with Gasteiger partial charge in [-0.05, 0) is 84.8 Å². The molecule has 0 heterocycles. The first-order chi connectivity index (χ1) is 13.6. The van der Waals surface area contributed by atoms with Gasteiger partial charge >= 0.3 is 0 Å². The first kappa shape index (κ1) is 20.2. The summed E-state index contributed by atoms with van der Waals surface area (Å²) in [4.78, 5) is 22.9. The molecule has 0 aliphatic heterocycles. The Kier molecular flexibility index (Phi) is 6.32. The Morgan fingerprint density at radius 2 is 1.68 bits per heavy atom. The Morgan fingerprint density at radius 3 is 2.36 bits per heavy atom. The van der Waals surface area contributed by atoms with Crippen LogP contribution in [-0.4, -0.2) is 6.04 Å². The second-order valence-corrected chi connectivity index (χ2v) is 10.7. The summed E-state index contributed by atoms with van der Waals surface area (Å²) in [6.45, 7) is 4.68. The molecule has 0 spiro atoms. The molecule has 7 unspecified atom stereocenters. The number of hydrogen-bond donors (Lipinski definition) is 0. The molecule has 5 aliphatic carbocycles. The quantitative estimate of drug-likeness (QED) is 0.468. The van der Waals surface area contributed by atoms with Crippen molar-refractivity contribution < 1.29 is 0 Å². The van der Waals surface area contributed by atoms with Crippen LogP contribution in [0.25, 0.3) is 0 Å². The van der Waals surface area contributed by atoms with Gasteiger partial charge in [0, 0.05) is 5.92 Å². The van der Waals surface area contributed by atoms with Crippen molar-refractivity contribution in [1.29, 1.82) is 0 Å². The van der Waals surface area contributed by atoms with E-state index in [4.69, 9.17) is 0 Å². The summed E-state index contributed by atoms with van der Waals surface area (Å²) in [5.74, 6) is 4.47. The van der Waals surface area contributed by atoms with E-state index < -0.39 is 0 Å². The molecule has 4 heteroatoms. The van der Waals surface area contributed by atoms with Crippen LogP contribution in [0.3, 0.4) is 0 Å². The molecular weight excluding hydrogens is 348 g/mol. The standard InChI is InChI=1S/C24H38N2O2/c1-15(2)22-14-21(25-27)12-18-8-4-6-16(22)5-3-7-17(18)11-19-9-10-20-13-23(19)24(20)26-28/h15-22H,3-14H2,1-2H3. The van der Waals surface area contributed by atoms with Crippen LogP contribution in [0.5, 0.6) is 0 Å². The summed E-state index contributed by atoms with van der Waals surface area (Å²) in [7, 11) is 0. The first-order valence-corrected chi connectivity index (χ1v) is 12.0. The molecule has 156 valence electrons. The molecule has 3 saturated carbocycles. The largest absolute Gasteiger partial charge is 0.151 e. The average Bonchev–Trinajstić information content (AvgIpc) is 2.83. The molecule has 4 nitrogen and oxygen atoms in total. The van der Waals surface area contributed by atoms with E-state index in [-0.39, 0.29) is 6.04 Å². The molecule has 28 heavy (non-hydrogen) atoms. The highest BCUT2D eigenvalue weighted by Gasteiger charge is 2.42. The van der Waals surface area contributed by atoms with E-state index in [1.165, 1.54) is 56.9 Å². The lowest BCUT2D eigenvalue weighted by Gasteiger charge is -2.43. The highest BCUT2D eigenvalue weighted by molar-refractivity contribution is 5.32. The van der Waals surface area contributed by atoms with Gasteiger partial charge in [-0.1, -0.05) is 57.5 Å². The molecule has 0 saturated heterocycles. The summed E-state index contributed by atoms with van der Waals surface area (Å²) in [6.07, 6.45) is 14.6. The lowest BCUT2D eigenvalue weighted by atomic mass is 9.62. The minimum atomic E-state index is 0.00413. The molecule has 5 aliphatic rings. The minimum absolute atomic E-state index is 0.00413. The molecule has 0 aromatic heterocycles. The van der Waals surface area contributed by atoms with Gasteiger partial charge in [0.1, 0.15) is 0 Å². The molecule has 4 bridgehead atoms.